The third-order valence-electron chi connectivity index (χ3n) is 4.55. The van der Waals surface area contributed by atoms with Crippen molar-refractivity contribution < 1.29 is 19.4 Å². The molecule has 0 spiro atoms. The van der Waals surface area contributed by atoms with Crippen molar-refractivity contribution >= 4 is 27.7 Å². The SMILES string of the molecule is CCCCCCC=CC1C(=O)C(Br)=C(O)C1=CCCCCCC(=O)OC. The summed E-state index contributed by atoms with van der Waals surface area (Å²) in [5, 5.41) is 10.2. The molecule has 0 aliphatic heterocycles. The number of rotatable bonds is 12. The smallest absolute Gasteiger partial charge is 0.305 e. The zero-order valence-electron chi connectivity index (χ0n) is 15.9. The number of aliphatic hydroxyl groups is 1. The van der Waals surface area contributed by atoms with E-state index < -0.39 is 0 Å². The van der Waals surface area contributed by atoms with Crippen LogP contribution in [0.1, 0.15) is 71.1 Å². The lowest BCUT2D eigenvalue weighted by molar-refractivity contribution is -0.140. The number of carbonyl (C=O) groups excluding carboxylic acids is 2. The monoisotopic (exact) mass is 426 g/mol. The molecule has 1 aliphatic rings. The maximum Gasteiger partial charge on any atom is 0.305 e. The number of unbranched alkanes of at least 4 members (excludes halogenated alkanes) is 7. The van der Waals surface area contributed by atoms with E-state index in [1.54, 1.807) is 0 Å². The molecule has 1 N–H and O–H groups in total. The largest absolute Gasteiger partial charge is 0.506 e. The number of allylic oxidation sites excluding steroid dienone is 5. The summed E-state index contributed by atoms with van der Waals surface area (Å²) >= 11 is 3.20. The van der Waals surface area contributed by atoms with Crippen molar-refractivity contribution in [2.24, 2.45) is 5.92 Å². The average molecular weight is 427 g/mol. The number of methoxy groups -OCH3 is 1. The van der Waals surface area contributed by atoms with Crippen molar-refractivity contribution in [3.8, 4) is 0 Å². The van der Waals surface area contributed by atoms with E-state index in [4.69, 9.17) is 0 Å². The maximum absolute atomic E-state index is 12.3. The third kappa shape index (κ3) is 7.48. The predicted molar refractivity (Wildman–Crippen MR) is 108 cm³/mol. The molecule has 0 saturated heterocycles. The Labute approximate surface area is 165 Å². The Balaban J connectivity index is 2.51. The van der Waals surface area contributed by atoms with E-state index in [-0.39, 0.29) is 27.9 Å². The number of hydrogen-bond acceptors (Lipinski definition) is 4. The number of ether oxygens (including phenoxy) is 1. The molecule has 0 aromatic heterocycles. The molecule has 26 heavy (non-hydrogen) atoms. The molecule has 1 aliphatic carbocycles. The van der Waals surface area contributed by atoms with Gasteiger partial charge in [0.2, 0.25) is 0 Å². The Morgan fingerprint density at radius 2 is 1.85 bits per heavy atom. The number of carbonyl (C=O) groups is 2. The van der Waals surface area contributed by atoms with Gasteiger partial charge in [0.1, 0.15) is 10.2 Å². The molecule has 1 atom stereocenters. The van der Waals surface area contributed by atoms with Gasteiger partial charge in [-0.15, -0.1) is 0 Å². The van der Waals surface area contributed by atoms with E-state index >= 15 is 0 Å². The standard InChI is InChI=1S/C21H31BrO4/c1-3-4-5-6-7-10-13-16-17(21(25)19(22)20(16)24)14-11-8-9-12-15-18(23)26-2/h10,13-14,16,25H,3-9,11-12,15H2,1-2H3. The van der Waals surface area contributed by atoms with Gasteiger partial charge in [-0.2, -0.15) is 0 Å². The van der Waals surface area contributed by atoms with E-state index in [9.17, 15) is 14.7 Å². The van der Waals surface area contributed by atoms with E-state index in [2.05, 4.69) is 33.7 Å². The number of esters is 1. The summed E-state index contributed by atoms with van der Waals surface area (Å²) in [6.45, 7) is 2.19. The van der Waals surface area contributed by atoms with E-state index in [1.807, 2.05) is 12.2 Å². The molecule has 1 rings (SSSR count). The van der Waals surface area contributed by atoms with Crippen LogP contribution >= 0.6 is 15.9 Å². The zero-order chi connectivity index (χ0) is 19.4. The Morgan fingerprint density at radius 3 is 2.54 bits per heavy atom. The zero-order valence-corrected chi connectivity index (χ0v) is 17.5. The second kappa shape index (κ2) is 12.9. The number of ketones is 1. The van der Waals surface area contributed by atoms with Crippen LogP contribution in [0, 0.1) is 5.92 Å². The number of hydrogen-bond donors (Lipinski definition) is 1. The first-order chi connectivity index (χ1) is 12.5. The summed E-state index contributed by atoms with van der Waals surface area (Å²) in [6.07, 6.45) is 15.5. The summed E-state index contributed by atoms with van der Waals surface area (Å²) in [6, 6.07) is 0. The van der Waals surface area contributed by atoms with E-state index in [0.717, 1.165) is 38.5 Å². The Hall–Kier alpha value is -1.36. The third-order valence-corrected chi connectivity index (χ3v) is 5.31. The lowest BCUT2D eigenvalue weighted by Gasteiger charge is -2.07. The number of halogens is 1. The fourth-order valence-electron chi connectivity index (χ4n) is 2.95. The Morgan fingerprint density at radius 1 is 1.15 bits per heavy atom. The highest BCUT2D eigenvalue weighted by atomic mass is 79.9. The van der Waals surface area contributed by atoms with Crippen molar-refractivity contribution in [2.45, 2.75) is 71.1 Å². The van der Waals surface area contributed by atoms with Crippen LogP contribution in [0.3, 0.4) is 0 Å². The highest BCUT2D eigenvalue weighted by Crippen LogP contribution is 2.36. The minimum atomic E-state index is -0.384. The predicted octanol–water partition coefficient (Wildman–Crippen LogP) is 5.93. The average Bonchev–Trinajstić information content (AvgIpc) is 2.84. The Kier molecular flexibility index (Phi) is 11.3. The van der Waals surface area contributed by atoms with Gasteiger partial charge >= 0.3 is 5.97 Å². The van der Waals surface area contributed by atoms with Crippen LogP contribution in [-0.2, 0) is 14.3 Å². The van der Waals surface area contributed by atoms with Crippen molar-refractivity contribution in [1.82, 2.24) is 0 Å². The van der Waals surface area contributed by atoms with Crippen molar-refractivity contribution in [1.29, 1.82) is 0 Å². The highest BCUT2D eigenvalue weighted by molar-refractivity contribution is 9.12. The van der Waals surface area contributed by atoms with Gasteiger partial charge in [-0.25, -0.2) is 0 Å². The maximum atomic E-state index is 12.3. The van der Waals surface area contributed by atoms with Gasteiger partial charge in [-0.3, -0.25) is 9.59 Å². The highest BCUT2D eigenvalue weighted by Gasteiger charge is 2.34. The first-order valence-electron chi connectivity index (χ1n) is 9.59. The molecule has 4 nitrogen and oxygen atoms in total. The van der Waals surface area contributed by atoms with Crippen LogP contribution < -0.4 is 0 Å². The number of Topliss-reactive ketones (excluding diaryl/α,β-unsaturated/α-hetero) is 1. The molecule has 0 heterocycles. The molecule has 1 unspecified atom stereocenters. The second-order valence-electron chi connectivity index (χ2n) is 6.62. The quantitative estimate of drug-likeness (QED) is 0.238. The van der Waals surface area contributed by atoms with Crippen LogP contribution in [0.5, 0.6) is 0 Å². The molecule has 0 aromatic rings. The van der Waals surface area contributed by atoms with Gasteiger partial charge in [0.15, 0.2) is 5.78 Å². The molecular weight excluding hydrogens is 396 g/mol. The molecule has 146 valence electrons. The van der Waals surface area contributed by atoms with Crippen LogP contribution in [0.25, 0.3) is 0 Å². The Bertz CT molecular complexity index is 560. The summed E-state index contributed by atoms with van der Waals surface area (Å²) in [7, 11) is 1.40. The normalized spacial score (nSPS) is 19.1. The van der Waals surface area contributed by atoms with Gasteiger partial charge in [0, 0.05) is 12.0 Å². The molecule has 0 fully saturated rings. The first-order valence-corrected chi connectivity index (χ1v) is 10.4. The van der Waals surface area contributed by atoms with Crippen LogP contribution in [-0.4, -0.2) is 24.0 Å². The van der Waals surface area contributed by atoms with Crippen molar-refractivity contribution in [3.63, 3.8) is 0 Å². The fraction of sp³-hybridized carbons (Fsp3) is 0.619. The van der Waals surface area contributed by atoms with Crippen LogP contribution in [0.4, 0.5) is 0 Å². The van der Waals surface area contributed by atoms with E-state index in [0.29, 0.717) is 12.0 Å². The molecule has 0 aromatic carbocycles. The van der Waals surface area contributed by atoms with Gasteiger partial charge in [0.25, 0.3) is 0 Å². The van der Waals surface area contributed by atoms with Gasteiger partial charge in [-0.1, -0.05) is 50.8 Å². The van der Waals surface area contributed by atoms with Gasteiger partial charge in [0.05, 0.1) is 13.0 Å². The molecule has 0 radical (unpaired) electrons. The fourth-order valence-corrected chi connectivity index (χ4v) is 3.43. The van der Waals surface area contributed by atoms with Crippen LogP contribution in [0.2, 0.25) is 0 Å². The van der Waals surface area contributed by atoms with Crippen LogP contribution in [0.15, 0.2) is 34.0 Å². The summed E-state index contributed by atoms with van der Waals surface area (Å²) in [4.78, 5) is 23.4. The topological polar surface area (TPSA) is 63.6 Å². The summed E-state index contributed by atoms with van der Waals surface area (Å²) in [5.74, 6) is -0.585. The number of aliphatic hydroxyl groups excluding tert-OH is 1. The minimum Gasteiger partial charge on any atom is -0.506 e. The van der Waals surface area contributed by atoms with Crippen molar-refractivity contribution in [3.05, 3.63) is 34.0 Å². The molecule has 0 bridgehead atoms. The van der Waals surface area contributed by atoms with Crippen molar-refractivity contribution in [2.75, 3.05) is 7.11 Å². The van der Waals surface area contributed by atoms with E-state index in [1.165, 1.54) is 26.4 Å². The molecular formula is C21H31BrO4. The molecule has 0 amide bonds. The van der Waals surface area contributed by atoms with Gasteiger partial charge < -0.3 is 9.84 Å². The lowest BCUT2D eigenvalue weighted by atomic mass is 9.97. The van der Waals surface area contributed by atoms with Gasteiger partial charge in [-0.05, 0) is 48.0 Å². The first kappa shape index (κ1) is 22.7. The second-order valence-corrected chi connectivity index (χ2v) is 7.41. The minimum absolute atomic E-state index is 0.0604. The summed E-state index contributed by atoms with van der Waals surface area (Å²) < 4.78 is 4.89. The summed E-state index contributed by atoms with van der Waals surface area (Å²) in [5.41, 5.74) is 0.694. The molecule has 0 saturated carbocycles. The lowest BCUT2D eigenvalue weighted by Crippen LogP contribution is -2.07. The molecule has 5 heteroatoms.